The molecule has 0 aromatic rings. The third kappa shape index (κ3) is 3.31. The van der Waals surface area contributed by atoms with Gasteiger partial charge in [0.15, 0.2) is 0 Å². The van der Waals surface area contributed by atoms with Crippen LogP contribution in [0.15, 0.2) is 0 Å². The van der Waals surface area contributed by atoms with Crippen molar-refractivity contribution in [2.45, 2.75) is 21.9 Å². The molecule has 0 aromatic heterocycles. The van der Waals surface area contributed by atoms with Gasteiger partial charge in [-0.2, -0.15) is 47.7 Å². The normalized spacial score (nSPS) is 15.9. The fourth-order valence-corrected chi connectivity index (χ4v) is 1.23. The topological polar surface area (TPSA) is 43.4 Å². The molecule has 0 aromatic carbocycles. The summed E-state index contributed by atoms with van der Waals surface area (Å²) in [7, 11) is -6.78. The second kappa shape index (κ2) is 4.53. The molecule has 0 radical (unpaired) electrons. The van der Waals surface area contributed by atoms with Crippen molar-refractivity contribution < 1.29 is 51.6 Å². The minimum atomic E-state index is -6.98. The number of hydrogen-bond acceptors (Lipinski definition) is 3. The van der Waals surface area contributed by atoms with Crippen molar-refractivity contribution >= 4 is 33.1 Å². The van der Waals surface area contributed by atoms with E-state index in [0.29, 0.717) is 0 Å². The Morgan fingerprint density at radius 2 is 1.17 bits per heavy atom. The summed E-state index contributed by atoms with van der Waals surface area (Å²) < 4.78 is 125. The molecule has 0 rings (SSSR count). The first-order chi connectivity index (χ1) is 7.46. The van der Waals surface area contributed by atoms with Crippen LogP contribution in [-0.4, -0.2) is 30.3 Å². The molecule has 18 heavy (non-hydrogen) atoms. The fraction of sp³-hybridized carbons (Fsp3) is 1.00. The van der Waals surface area contributed by atoms with Crippen molar-refractivity contribution in [2.75, 3.05) is 0 Å². The number of alkyl halides is 9. The van der Waals surface area contributed by atoms with E-state index in [-0.39, 0.29) is 0 Å². The van der Waals surface area contributed by atoms with Crippen molar-refractivity contribution in [3.8, 4) is 0 Å². The van der Waals surface area contributed by atoms with Crippen LogP contribution >= 0.6 is 22.6 Å². The van der Waals surface area contributed by atoms with Gasteiger partial charge in [0.25, 0.3) is 0 Å². The van der Waals surface area contributed by atoms with Crippen molar-refractivity contribution in [1.29, 1.82) is 0 Å². The highest BCUT2D eigenvalue weighted by molar-refractivity contribution is 14.1. The maximum absolute atomic E-state index is 12.5. The molecule has 0 saturated heterocycles. The summed E-state index contributed by atoms with van der Waals surface area (Å²) in [5.74, 6) is -13.7. The average molecular weight is 426 g/mol. The highest BCUT2D eigenvalue weighted by Gasteiger charge is 2.82. The van der Waals surface area contributed by atoms with Crippen LogP contribution in [0.5, 0.6) is 0 Å². The van der Waals surface area contributed by atoms with Crippen LogP contribution < -0.4 is 0 Å². The fourth-order valence-electron chi connectivity index (χ4n) is 0.538. The zero-order valence-electron chi connectivity index (χ0n) is 7.41. The average Bonchev–Trinajstić information content (AvgIpc) is 1.95. The first-order valence-corrected chi connectivity index (χ1v) is 5.70. The highest BCUT2D eigenvalue weighted by Crippen LogP contribution is 2.55. The van der Waals surface area contributed by atoms with Gasteiger partial charge in [-0.15, -0.1) is 0 Å². The smallest absolute Gasteiger partial charge is 0.191 e. The molecule has 0 bridgehead atoms. The minimum absolute atomic E-state index is 0.574. The number of halogens is 10. The van der Waals surface area contributed by atoms with Crippen molar-refractivity contribution in [3.63, 3.8) is 0 Å². The van der Waals surface area contributed by atoms with Gasteiger partial charge in [-0.25, -0.2) is 0 Å². The van der Waals surface area contributed by atoms with Crippen LogP contribution in [0.2, 0.25) is 0 Å². The van der Waals surface area contributed by atoms with Gasteiger partial charge < -0.3 is 0 Å². The molecular weight excluding hydrogens is 426 g/mol. The first kappa shape index (κ1) is 18.0. The summed E-state index contributed by atoms with van der Waals surface area (Å²) in [5, 5.41) is 0. The van der Waals surface area contributed by atoms with Gasteiger partial charge in [-0.3, -0.25) is 0 Å². The summed E-state index contributed by atoms with van der Waals surface area (Å²) in [6, 6.07) is 0. The Bertz CT molecular complexity index is 412. The quantitative estimate of drug-likeness (QED) is 0.294. The Labute approximate surface area is 107 Å². The third-order valence-electron chi connectivity index (χ3n) is 1.32. The molecule has 0 unspecified atom stereocenters. The zero-order valence-corrected chi connectivity index (χ0v) is 10.4. The predicted octanol–water partition coefficient (Wildman–Crippen LogP) is 3.11. The monoisotopic (exact) mass is 426 g/mol. The van der Waals surface area contributed by atoms with E-state index < -0.39 is 55.0 Å². The van der Waals surface area contributed by atoms with Crippen molar-refractivity contribution in [1.82, 2.24) is 0 Å². The number of hydrogen-bond donors (Lipinski definition) is 0. The minimum Gasteiger partial charge on any atom is -0.191 e. The van der Waals surface area contributed by atoms with Crippen molar-refractivity contribution in [3.05, 3.63) is 0 Å². The molecule has 0 aliphatic carbocycles. The van der Waals surface area contributed by atoms with E-state index in [1.54, 1.807) is 4.18 Å². The second-order valence-corrected chi connectivity index (χ2v) is 4.95. The lowest BCUT2D eigenvalue weighted by Crippen LogP contribution is -2.61. The molecule has 3 nitrogen and oxygen atoms in total. The lowest BCUT2D eigenvalue weighted by molar-refractivity contribution is -0.392. The molecule has 0 heterocycles. The molecule has 0 fully saturated rings. The van der Waals surface area contributed by atoms with E-state index in [1.165, 1.54) is 0 Å². The third-order valence-corrected chi connectivity index (χ3v) is 2.41. The summed E-state index contributed by atoms with van der Waals surface area (Å²) in [6.45, 7) is 0. The Morgan fingerprint density at radius 3 is 1.39 bits per heavy atom. The van der Waals surface area contributed by atoms with Gasteiger partial charge in [0.05, 0.1) is 0 Å². The van der Waals surface area contributed by atoms with Gasteiger partial charge in [0.2, 0.25) is 0 Å². The molecule has 0 amide bonds. The molecule has 0 spiro atoms. The van der Waals surface area contributed by atoms with Gasteiger partial charge in [0.1, 0.15) is 0 Å². The van der Waals surface area contributed by atoms with Crippen LogP contribution in [0.3, 0.4) is 0 Å². The maximum Gasteiger partial charge on any atom is 0.442 e. The summed E-state index contributed by atoms with van der Waals surface area (Å²) in [5.41, 5.74) is 0. The maximum atomic E-state index is 12.5. The molecular formula is C4F9IO3S. The lowest BCUT2D eigenvalue weighted by atomic mass is 10.1. The largest absolute Gasteiger partial charge is 0.442 e. The lowest BCUT2D eigenvalue weighted by Gasteiger charge is -2.32. The summed E-state index contributed by atoms with van der Waals surface area (Å²) in [6.07, 6.45) is -6.71. The van der Waals surface area contributed by atoms with Crippen LogP contribution in [-0.2, 0) is 14.7 Å². The molecule has 14 heteroatoms. The van der Waals surface area contributed by atoms with Gasteiger partial charge >= 0.3 is 32.4 Å². The molecule has 0 saturated carbocycles. The van der Waals surface area contributed by atoms with E-state index in [1.807, 2.05) is 0 Å². The van der Waals surface area contributed by atoms with Gasteiger partial charge in [-0.05, 0) is 0 Å². The van der Waals surface area contributed by atoms with Gasteiger partial charge in [0, 0.05) is 22.6 Å². The SMILES string of the molecule is O=S(=O)(F)OC(F)(F)C(F)(F)C(F)(F)C(F)(F)I. The summed E-state index contributed by atoms with van der Waals surface area (Å²) >= 11 is -0.574. The van der Waals surface area contributed by atoms with E-state index in [9.17, 15) is 47.4 Å². The standard InChI is InChI=1S/C4F9IO3S/c5-1(6,3(9,10)14)2(7,8)4(11,12)17-18(13,15)16. The van der Waals surface area contributed by atoms with Crippen LogP contribution in [0.4, 0.5) is 39.0 Å². The highest BCUT2D eigenvalue weighted by atomic mass is 127. The molecule has 0 aliphatic heterocycles. The zero-order chi connectivity index (χ0) is 15.2. The van der Waals surface area contributed by atoms with Crippen LogP contribution in [0.25, 0.3) is 0 Å². The Balaban J connectivity index is 5.64. The Morgan fingerprint density at radius 1 is 0.833 bits per heavy atom. The Kier molecular flexibility index (Phi) is 4.54. The number of rotatable bonds is 5. The van der Waals surface area contributed by atoms with Gasteiger partial charge in [-0.1, -0.05) is 3.89 Å². The van der Waals surface area contributed by atoms with E-state index in [0.717, 1.165) is 0 Å². The van der Waals surface area contributed by atoms with E-state index >= 15 is 0 Å². The molecule has 0 N–H and O–H groups in total. The first-order valence-electron chi connectivity index (χ1n) is 3.31. The van der Waals surface area contributed by atoms with E-state index in [4.69, 9.17) is 0 Å². The molecule has 0 atom stereocenters. The second-order valence-electron chi connectivity index (χ2n) is 2.64. The Hall–Kier alpha value is 0.01000. The van der Waals surface area contributed by atoms with Crippen LogP contribution in [0.1, 0.15) is 0 Å². The van der Waals surface area contributed by atoms with Crippen LogP contribution in [0, 0.1) is 0 Å². The predicted molar refractivity (Wildman–Crippen MR) is 44.9 cm³/mol. The summed E-state index contributed by atoms with van der Waals surface area (Å²) in [4.78, 5) is 0. The van der Waals surface area contributed by atoms with Crippen molar-refractivity contribution in [2.24, 2.45) is 0 Å². The molecule has 0 aliphatic rings. The van der Waals surface area contributed by atoms with E-state index in [2.05, 4.69) is 0 Å². The molecule has 110 valence electrons.